The number of likely N-dealkylation sites (N-methyl/N-ethyl adjacent to an activating group) is 2. The van der Waals surface area contributed by atoms with Gasteiger partial charge in [-0.25, -0.2) is 0 Å². The van der Waals surface area contributed by atoms with E-state index in [0.717, 1.165) is 35.6 Å². The molecule has 1 aliphatic rings. The molecule has 0 aromatic heterocycles. The lowest BCUT2D eigenvalue weighted by molar-refractivity contribution is 0.268. The molecule has 2 aromatic rings. The van der Waals surface area contributed by atoms with Gasteiger partial charge in [0.1, 0.15) is 0 Å². The minimum atomic E-state index is 0.411. The fraction of sp³-hybridized carbons (Fsp3) is 0.444. The zero-order valence-electron chi connectivity index (χ0n) is 19.5. The third-order valence-corrected chi connectivity index (χ3v) is 5.96. The number of nitrogens with zero attached hydrogens (tertiary/aromatic N) is 2. The Bertz CT molecular complexity index is 870. The standard InChI is InChI=1S/C25H31N3.C2H6/c1-5-20(25(27-3)18(2)28(4)23-14-15-23)16-19-10-12-21(13-11-19)24-9-7-6-8-22(24)17-26;1-2/h6-13,18,23,27H,5,14-16H2,1-4H3;1-2H3/b25-20+;. The van der Waals surface area contributed by atoms with Gasteiger partial charge in [0.2, 0.25) is 0 Å². The van der Waals surface area contributed by atoms with E-state index in [1.54, 1.807) is 0 Å². The Labute approximate surface area is 183 Å². The molecule has 0 bridgehead atoms. The summed E-state index contributed by atoms with van der Waals surface area (Å²) in [5.41, 5.74) is 6.95. The average molecular weight is 404 g/mol. The zero-order valence-corrected chi connectivity index (χ0v) is 19.5. The summed E-state index contributed by atoms with van der Waals surface area (Å²) in [6, 6.07) is 19.9. The lowest BCUT2D eigenvalue weighted by Gasteiger charge is -2.29. The lowest BCUT2D eigenvalue weighted by Crippen LogP contribution is -2.37. The molecule has 160 valence electrons. The third-order valence-electron chi connectivity index (χ3n) is 5.96. The van der Waals surface area contributed by atoms with E-state index in [9.17, 15) is 5.26 Å². The molecule has 30 heavy (non-hydrogen) atoms. The number of hydrogen-bond donors (Lipinski definition) is 1. The highest BCUT2D eigenvalue weighted by Crippen LogP contribution is 2.30. The Morgan fingerprint density at radius 2 is 1.77 bits per heavy atom. The number of hydrogen-bond acceptors (Lipinski definition) is 3. The normalized spacial score (nSPS) is 14.9. The largest absolute Gasteiger partial charge is 0.390 e. The lowest BCUT2D eigenvalue weighted by atomic mass is 9.95. The summed E-state index contributed by atoms with van der Waals surface area (Å²) in [6.45, 7) is 8.55. The van der Waals surface area contributed by atoms with Crippen molar-refractivity contribution in [2.24, 2.45) is 0 Å². The summed E-state index contributed by atoms with van der Waals surface area (Å²) in [6.07, 6.45) is 4.64. The Morgan fingerprint density at radius 1 is 1.13 bits per heavy atom. The van der Waals surface area contributed by atoms with Crippen molar-refractivity contribution in [3.63, 3.8) is 0 Å². The predicted molar refractivity (Wildman–Crippen MR) is 128 cm³/mol. The van der Waals surface area contributed by atoms with Gasteiger partial charge in [-0.1, -0.05) is 63.2 Å². The van der Waals surface area contributed by atoms with E-state index in [-0.39, 0.29) is 0 Å². The van der Waals surface area contributed by atoms with E-state index in [2.05, 4.69) is 61.4 Å². The highest BCUT2D eigenvalue weighted by atomic mass is 15.2. The van der Waals surface area contributed by atoms with Crippen molar-refractivity contribution in [1.29, 1.82) is 5.26 Å². The highest BCUT2D eigenvalue weighted by molar-refractivity contribution is 5.70. The van der Waals surface area contributed by atoms with Gasteiger partial charge in [0, 0.05) is 24.8 Å². The molecule has 1 unspecified atom stereocenters. The number of benzene rings is 2. The van der Waals surface area contributed by atoms with Gasteiger partial charge in [-0.05, 0) is 68.0 Å². The van der Waals surface area contributed by atoms with Gasteiger partial charge in [-0.2, -0.15) is 5.26 Å². The second-order valence-electron chi connectivity index (χ2n) is 7.72. The molecule has 3 rings (SSSR count). The third kappa shape index (κ3) is 5.74. The molecular formula is C27H37N3. The molecule has 0 saturated heterocycles. The van der Waals surface area contributed by atoms with Crippen molar-refractivity contribution in [3.05, 3.63) is 70.9 Å². The Hall–Kier alpha value is -2.57. The predicted octanol–water partition coefficient (Wildman–Crippen LogP) is 6.16. The SMILES string of the molecule is CC.CC/C(Cc1ccc(-c2ccccc2C#N)cc1)=C(\NC)C(C)N(C)C1CC1. The zero-order chi connectivity index (χ0) is 22.1. The van der Waals surface area contributed by atoms with Gasteiger partial charge >= 0.3 is 0 Å². The molecule has 1 saturated carbocycles. The van der Waals surface area contributed by atoms with Gasteiger partial charge in [0.25, 0.3) is 0 Å². The Morgan fingerprint density at radius 3 is 2.30 bits per heavy atom. The topological polar surface area (TPSA) is 39.1 Å². The summed E-state index contributed by atoms with van der Waals surface area (Å²) in [7, 11) is 4.29. The molecule has 2 aromatic carbocycles. The molecule has 3 nitrogen and oxygen atoms in total. The smallest absolute Gasteiger partial charge is 0.0998 e. The van der Waals surface area contributed by atoms with E-state index in [4.69, 9.17) is 0 Å². The maximum Gasteiger partial charge on any atom is 0.0998 e. The van der Waals surface area contributed by atoms with Crippen LogP contribution in [0.4, 0.5) is 0 Å². The molecule has 1 N–H and O–H groups in total. The molecule has 0 aliphatic heterocycles. The Kier molecular flexibility index (Phi) is 9.15. The van der Waals surface area contributed by atoms with E-state index >= 15 is 0 Å². The first-order chi connectivity index (χ1) is 14.6. The van der Waals surface area contributed by atoms with Crippen LogP contribution >= 0.6 is 0 Å². The first kappa shape index (κ1) is 23.7. The summed E-state index contributed by atoms with van der Waals surface area (Å²) in [5, 5.41) is 12.8. The van der Waals surface area contributed by atoms with Crippen LogP contribution in [0.2, 0.25) is 0 Å². The minimum Gasteiger partial charge on any atom is -0.390 e. The van der Waals surface area contributed by atoms with Crippen molar-refractivity contribution in [3.8, 4) is 17.2 Å². The molecule has 3 heteroatoms. The van der Waals surface area contributed by atoms with Crippen LogP contribution in [0.3, 0.4) is 0 Å². The maximum atomic E-state index is 9.35. The van der Waals surface area contributed by atoms with Crippen LogP contribution in [0.15, 0.2) is 59.8 Å². The summed E-state index contributed by atoms with van der Waals surface area (Å²) >= 11 is 0. The number of nitrogens with one attached hydrogen (secondary N) is 1. The van der Waals surface area contributed by atoms with Gasteiger partial charge in [-0.3, -0.25) is 4.90 Å². The van der Waals surface area contributed by atoms with Crippen LogP contribution in [0.1, 0.15) is 58.1 Å². The van der Waals surface area contributed by atoms with E-state index in [0.29, 0.717) is 6.04 Å². The van der Waals surface area contributed by atoms with Crippen LogP contribution < -0.4 is 5.32 Å². The summed E-state index contributed by atoms with van der Waals surface area (Å²) < 4.78 is 0. The second-order valence-corrected chi connectivity index (χ2v) is 7.72. The van der Waals surface area contributed by atoms with Gasteiger partial charge in [0.15, 0.2) is 0 Å². The van der Waals surface area contributed by atoms with Crippen LogP contribution in [0.25, 0.3) is 11.1 Å². The van der Waals surface area contributed by atoms with Crippen molar-refractivity contribution in [2.75, 3.05) is 14.1 Å². The van der Waals surface area contributed by atoms with Gasteiger partial charge < -0.3 is 5.32 Å². The maximum absolute atomic E-state index is 9.35. The minimum absolute atomic E-state index is 0.411. The van der Waals surface area contributed by atoms with Crippen LogP contribution in [-0.4, -0.2) is 31.1 Å². The van der Waals surface area contributed by atoms with Crippen molar-refractivity contribution >= 4 is 0 Å². The van der Waals surface area contributed by atoms with Crippen molar-refractivity contribution in [1.82, 2.24) is 10.2 Å². The van der Waals surface area contributed by atoms with Crippen LogP contribution in [-0.2, 0) is 6.42 Å². The number of allylic oxidation sites excluding steroid dienone is 1. The molecule has 0 radical (unpaired) electrons. The fourth-order valence-corrected chi connectivity index (χ4v) is 3.97. The van der Waals surface area contributed by atoms with Gasteiger partial charge in [0.05, 0.1) is 11.6 Å². The Balaban J connectivity index is 0.00000155. The van der Waals surface area contributed by atoms with Crippen molar-refractivity contribution in [2.45, 2.75) is 65.5 Å². The number of nitriles is 1. The quantitative estimate of drug-likeness (QED) is 0.574. The molecule has 0 amide bonds. The molecule has 1 atom stereocenters. The number of rotatable bonds is 8. The summed E-state index contributed by atoms with van der Waals surface area (Å²) in [4.78, 5) is 2.50. The molecular weight excluding hydrogens is 366 g/mol. The van der Waals surface area contributed by atoms with Crippen LogP contribution in [0, 0.1) is 11.3 Å². The van der Waals surface area contributed by atoms with E-state index < -0.39 is 0 Å². The monoisotopic (exact) mass is 403 g/mol. The molecule has 0 spiro atoms. The van der Waals surface area contributed by atoms with E-state index in [1.807, 2.05) is 45.2 Å². The fourth-order valence-electron chi connectivity index (χ4n) is 3.97. The molecule has 1 fully saturated rings. The average Bonchev–Trinajstić information content (AvgIpc) is 3.65. The van der Waals surface area contributed by atoms with Crippen molar-refractivity contribution < 1.29 is 0 Å². The highest BCUT2D eigenvalue weighted by Gasteiger charge is 2.31. The molecule has 0 heterocycles. The van der Waals surface area contributed by atoms with Gasteiger partial charge in [-0.15, -0.1) is 0 Å². The summed E-state index contributed by atoms with van der Waals surface area (Å²) in [5.74, 6) is 0. The van der Waals surface area contributed by atoms with E-state index in [1.165, 1.54) is 29.7 Å². The first-order valence-corrected chi connectivity index (χ1v) is 11.3. The first-order valence-electron chi connectivity index (χ1n) is 11.3. The second kappa shape index (κ2) is 11.6. The molecule has 1 aliphatic carbocycles. The van der Waals surface area contributed by atoms with Crippen LogP contribution in [0.5, 0.6) is 0 Å².